The number of hydrogen-bond acceptors (Lipinski definition) is 2. The minimum absolute atomic E-state index is 0.0370. The molecule has 0 aromatic rings. The molecule has 7 heavy (non-hydrogen) atoms. The Balaban J connectivity index is 3.45. The van der Waals surface area contributed by atoms with E-state index in [-0.39, 0.29) is 6.17 Å². The molecule has 42 valence electrons. The van der Waals surface area contributed by atoms with E-state index in [0.717, 1.165) is 5.71 Å². The third-order valence-electron chi connectivity index (χ3n) is 0.462. The van der Waals surface area contributed by atoms with E-state index in [1.807, 2.05) is 20.8 Å². The first kappa shape index (κ1) is 6.63. The molecule has 0 fully saturated rings. The van der Waals surface area contributed by atoms with Gasteiger partial charge in [0.15, 0.2) is 0 Å². The van der Waals surface area contributed by atoms with Crippen molar-refractivity contribution in [3.05, 3.63) is 0 Å². The molecule has 0 saturated carbocycles. The highest BCUT2D eigenvalue weighted by Gasteiger charge is 1.82. The Morgan fingerprint density at radius 1 is 1.57 bits per heavy atom. The van der Waals surface area contributed by atoms with E-state index in [1.165, 1.54) is 0 Å². The minimum atomic E-state index is -0.0370. The first-order valence-electron chi connectivity index (χ1n) is 2.39. The van der Waals surface area contributed by atoms with Crippen molar-refractivity contribution >= 4 is 5.71 Å². The van der Waals surface area contributed by atoms with Crippen molar-refractivity contribution in [2.45, 2.75) is 26.9 Å². The molecule has 0 aliphatic heterocycles. The van der Waals surface area contributed by atoms with Crippen LogP contribution in [0.25, 0.3) is 0 Å². The van der Waals surface area contributed by atoms with Gasteiger partial charge >= 0.3 is 0 Å². The van der Waals surface area contributed by atoms with Crippen LogP contribution in [-0.4, -0.2) is 11.9 Å². The van der Waals surface area contributed by atoms with Crippen LogP contribution in [0, 0.1) is 0 Å². The Morgan fingerprint density at radius 3 is 2.00 bits per heavy atom. The number of hydrogen-bond donors (Lipinski definition) is 1. The van der Waals surface area contributed by atoms with E-state index in [1.54, 1.807) is 0 Å². The molecule has 0 spiro atoms. The fourth-order valence-electron chi connectivity index (χ4n) is 0.407. The summed E-state index contributed by atoms with van der Waals surface area (Å²) in [4.78, 5) is 3.97. The molecule has 0 radical (unpaired) electrons. The van der Waals surface area contributed by atoms with Crippen LogP contribution in [0.15, 0.2) is 4.99 Å². The molecule has 0 bridgehead atoms. The highest BCUT2D eigenvalue weighted by atomic mass is 14.9. The van der Waals surface area contributed by atoms with Gasteiger partial charge in [0, 0.05) is 5.71 Å². The number of nitrogens with zero attached hydrogens (tertiary/aromatic N) is 1. The summed E-state index contributed by atoms with van der Waals surface area (Å²) in [5, 5.41) is 0. The van der Waals surface area contributed by atoms with Crippen molar-refractivity contribution in [1.29, 1.82) is 0 Å². The molecule has 0 aliphatic rings. The summed E-state index contributed by atoms with van der Waals surface area (Å²) in [5.41, 5.74) is 6.34. The lowest BCUT2D eigenvalue weighted by Gasteiger charge is -1.94. The molecular formula is C5H12N2. The Bertz CT molecular complexity index is 70.1. The molecule has 0 saturated heterocycles. The zero-order valence-electron chi connectivity index (χ0n) is 5.10. The summed E-state index contributed by atoms with van der Waals surface area (Å²) in [6.07, 6.45) is -0.0370. The van der Waals surface area contributed by atoms with Crippen LogP contribution in [0.2, 0.25) is 0 Å². The summed E-state index contributed by atoms with van der Waals surface area (Å²) in [6.45, 7) is 5.72. The summed E-state index contributed by atoms with van der Waals surface area (Å²) < 4.78 is 0. The van der Waals surface area contributed by atoms with Crippen LogP contribution in [0.3, 0.4) is 0 Å². The van der Waals surface area contributed by atoms with Crippen molar-refractivity contribution in [2.75, 3.05) is 0 Å². The quantitative estimate of drug-likeness (QED) is 0.486. The first-order chi connectivity index (χ1) is 3.13. The molecular weight excluding hydrogens is 88.1 g/mol. The topological polar surface area (TPSA) is 38.4 Å². The van der Waals surface area contributed by atoms with E-state index < -0.39 is 0 Å². The van der Waals surface area contributed by atoms with Gasteiger partial charge in [0.25, 0.3) is 0 Å². The normalized spacial score (nSPS) is 13.1. The second kappa shape index (κ2) is 2.75. The van der Waals surface area contributed by atoms with Crippen molar-refractivity contribution < 1.29 is 0 Å². The lowest BCUT2D eigenvalue weighted by molar-refractivity contribution is 0.791. The van der Waals surface area contributed by atoms with E-state index in [9.17, 15) is 0 Å². The third-order valence-corrected chi connectivity index (χ3v) is 0.462. The largest absolute Gasteiger partial charge is 0.310 e. The fraction of sp³-hybridized carbons (Fsp3) is 0.800. The zero-order valence-corrected chi connectivity index (χ0v) is 5.10. The van der Waals surface area contributed by atoms with Crippen molar-refractivity contribution in [3.63, 3.8) is 0 Å². The second-order valence-electron chi connectivity index (χ2n) is 1.82. The average molecular weight is 100 g/mol. The predicted octanol–water partition coefficient (Wildman–Crippen LogP) is 0.772. The lowest BCUT2D eigenvalue weighted by atomic mass is 10.5. The summed E-state index contributed by atoms with van der Waals surface area (Å²) >= 11 is 0. The molecule has 0 aliphatic carbocycles. The molecule has 0 aromatic heterocycles. The maximum atomic E-state index is 5.31. The highest BCUT2D eigenvalue weighted by Crippen LogP contribution is 1.78. The lowest BCUT2D eigenvalue weighted by Crippen LogP contribution is -2.12. The third kappa shape index (κ3) is 5.63. The standard InChI is InChI=1S/C5H12N2/c1-4(2)7-5(3)6/h5H,6H2,1-3H3/t5-/m0/s1. The van der Waals surface area contributed by atoms with Crippen LogP contribution in [0.5, 0.6) is 0 Å². The zero-order chi connectivity index (χ0) is 5.86. The van der Waals surface area contributed by atoms with Gasteiger partial charge in [0.1, 0.15) is 0 Å². The van der Waals surface area contributed by atoms with Crippen molar-refractivity contribution in [1.82, 2.24) is 0 Å². The Labute approximate surface area is 44.4 Å². The van der Waals surface area contributed by atoms with E-state index in [4.69, 9.17) is 5.73 Å². The molecule has 0 aromatic carbocycles. The van der Waals surface area contributed by atoms with Crippen molar-refractivity contribution in [2.24, 2.45) is 10.7 Å². The minimum Gasteiger partial charge on any atom is -0.310 e. The average Bonchev–Trinajstić information content (AvgIpc) is 1.27. The van der Waals surface area contributed by atoms with Gasteiger partial charge in [-0.2, -0.15) is 0 Å². The Kier molecular flexibility index (Phi) is 2.60. The molecule has 2 heteroatoms. The first-order valence-corrected chi connectivity index (χ1v) is 2.39. The van der Waals surface area contributed by atoms with Crippen LogP contribution in [0.1, 0.15) is 20.8 Å². The van der Waals surface area contributed by atoms with Gasteiger partial charge in [-0.15, -0.1) is 0 Å². The van der Waals surface area contributed by atoms with Crippen LogP contribution in [0.4, 0.5) is 0 Å². The number of aliphatic imine (C=N–C) groups is 1. The highest BCUT2D eigenvalue weighted by molar-refractivity contribution is 5.79. The van der Waals surface area contributed by atoms with Gasteiger partial charge in [-0.05, 0) is 20.8 Å². The fourth-order valence-corrected chi connectivity index (χ4v) is 0.407. The summed E-state index contributed by atoms with van der Waals surface area (Å²) in [5.74, 6) is 0. The summed E-state index contributed by atoms with van der Waals surface area (Å²) in [7, 11) is 0. The molecule has 0 heterocycles. The monoisotopic (exact) mass is 100 g/mol. The van der Waals surface area contributed by atoms with Gasteiger partial charge in [0.2, 0.25) is 0 Å². The number of nitrogens with two attached hydrogens (primary N) is 1. The van der Waals surface area contributed by atoms with Crippen LogP contribution >= 0.6 is 0 Å². The van der Waals surface area contributed by atoms with E-state index in [2.05, 4.69) is 4.99 Å². The van der Waals surface area contributed by atoms with Crippen LogP contribution in [-0.2, 0) is 0 Å². The smallest absolute Gasteiger partial charge is 0.0939 e. The van der Waals surface area contributed by atoms with Gasteiger partial charge in [-0.25, -0.2) is 0 Å². The van der Waals surface area contributed by atoms with Crippen LogP contribution < -0.4 is 5.73 Å². The second-order valence-corrected chi connectivity index (χ2v) is 1.82. The maximum absolute atomic E-state index is 5.31. The van der Waals surface area contributed by atoms with E-state index >= 15 is 0 Å². The summed E-state index contributed by atoms with van der Waals surface area (Å²) in [6, 6.07) is 0. The van der Waals surface area contributed by atoms with Crippen molar-refractivity contribution in [3.8, 4) is 0 Å². The Morgan fingerprint density at radius 2 is 2.00 bits per heavy atom. The molecule has 0 amide bonds. The van der Waals surface area contributed by atoms with E-state index in [0.29, 0.717) is 0 Å². The SMILES string of the molecule is CC(C)=N[C@@H](C)N. The molecule has 0 unspecified atom stereocenters. The molecule has 2 N–H and O–H groups in total. The maximum Gasteiger partial charge on any atom is 0.0939 e. The molecule has 1 atom stereocenters. The molecule has 0 rings (SSSR count). The van der Waals surface area contributed by atoms with Gasteiger partial charge < -0.3 is 5.73 Å². The van der Waals surface area contributed by atoms with Gasteiger partial charge in [-0.3, -0.25) is 4.99 Å². The van der Waals surface area contributed by atoms with Gasteiger partial charge in [-0.1, -0.05) is 0 Å². The van der Waals surface area contributed by atoms with Gasteiger partial charge in [0.05, 0.1) is 6.17 Å². The number of rotatable bonds is 1. The Hall–Kier alpha value is -0.370. The molecule has 2 nitrogen and oxygen atoms in total. The predicted molar refractivity (Wildman–Crippen MR) is 32.4 cm³/mol.